The number of nitrogens with one attached hydrogen (secondary N) is 2. The molecule has 0 amide bonds. The van der Waals surface area contributed by atoms with Crippen molar-refractivity contribution in [2.75, 3.05) is 10.6 Å². The van der Waals surface area contributed by atoms with Crippen molar-refractivity contribution in [1.82, 2.24) is 0 Å². The lowest BCUT2D eigenvalue weighted by Crippen LogP contribution is -2.19. The number of ether oxygens (including phenoxy) is 1. The van der Waals surface area contributed by atoms with Crippen molar-refractivity contribution in [3.8, 4) is 5.75 Å². The van der Waals surface area contributed by atoms with Crippen LogP contribution in [0.4, 0.5) is 24.5 Å². The molecule has 2 aromatic carbocycles. The van der Waals surface area contributed by atoms with Gasteiger partial charge in [0.1, 0.15) is 5.75 Å². The summed E-state index contributed by atoms with van der Waals surface area (Å²) in [7, 11) is 0. The van der Waals surface area contributed by atoms with E-state index in [9.17, 15) is 13.2 Å². The number of alkyl halides is 3. The van der Waals surface area contributed by atoms with Crippen LogP contribution in [0.3, 0.4) is 0 Å². The molecule has 0 spiro atoms. The van der Waals surface area contributed by atoms with Crippen LogP contribution in [0.25, 0.3) is 0 Å². The van der Waals surface area contributed by atoms with Crippen molar-refractivity contribution >= 4 is 28.7 Å². The van der Waals surface area contributed by atoms with Gasteiger partial charge in [-0.15, -0.1) is 13.2 Å². The second-order valence-corrected chi connectivity index (χ2v) is 5.11. The van der Waals surface area contributed by atoms with Crippen LogP contribution in [0.1, 0.15) is 12.5 Å². The van der Waals surface area contributed by atoms with Gasteiger partial charge in [-0.05, 0) is 60.6 Å². The highest BCUT2D eigenvalue weighted by atomic mass is 32.1. The lowest BCUT2D eigenvalue weighted by Gasteiger charge is -2.12. The number of anilines is 2. The lowest BCUT2D eigenvalue weighted by molar-refractivity contribution is -0.274. The third-order valence-corrected chi connectivity index (χ3v) is 3.14. The summed E-state index contributed by atoms with van der Waals surface area (Å²) in [6.07, 6.45) is -3.79. The van der Waals surface area contributed by atoms with Gasteiger partial charge in [-0.25, -0.2) is 0 Å². The van der Waals surface area contributed by atoms with Gasteiger partial charge >= 0.3 is 6.36 Å². The Balaban J connectivity index is 1.94. The van der Waals surface area contributed by atoms with Gasteiger partial charge in [0.25, 0.3) is 0 Å². The van der Waals surface area contributed by atoms with Gasteiger partial charge in [0, 0.05) is 11.4 Å². The van der Waals surface area contributed by atoms with Gasteiger partial charge in [-0.1, -0.05) is 19.1 Å². The number of hydrogen-bond donors (Lipinski definition) is 2. The van der Waals surface area contributed by atoms with Crippen LogP contribution in [0.15, 0.2) is 48.5 Å². The highest BCUT2D eigenvalue weighted by molar-refractivity contribution is 7.80. The fraction of sp³-hybridized carbons (Fsp3) is 0.188. The Morgan fingerprint density at radius 2 is 1.70 bits per heavy atom. The minimum absolute atomic E-state index is 0.280. The molecule has 0 aliphatic carbocycles. The predicted octanol–water partition coefficient (Wildman–Crippen LogP) is 4.96. The van der Waals surface area contributed by atoms with Gasteiger partial charge in [0.2, 0.25) is 0 Å². The molecule has 0 aromatic heterocycles. The van der Waals surface area contributed by atoms with E-state index in [1.807, 2.05) is 24.3 Å². The molecule has 3 nitrogen and oxygen atoms in total. The highest BCUT2D eigenvalue weighted by Gasteiger charge is 2.30. The summed E-state index contributed by atoms with van der Waals surface area (Å²) in [5, 5.41) is 6.28. The lowest BCUT2D eigenvalue weighted by atomic mass is 10.1. The Hall–Kier alpha value is -2.28. The molecule has 0 bridgehead atoms. The minimum atomic E-state index is -4.70. The van der Waals surface area contributed by atoms with Gasteiger partial charge in [-0.2, -0.15) is 0 Å². The minimum Gasteiger partial charge on any atom is -0.406 e. The molecule has 0 radical (unpaired) electrons. The van der Waals surface area contributed by atoms with Crippen LogP contribution >= 0.6 is 12.2 Å². The first kappa shape index (κ1) is 17.1. The summed E-state index contributed by atoms with van der Waals surface area (Å²) in [6.45, 7) is 2.06. The Bertz CT molecular complexity index is 672. The summed E-state index contributed by atoms with van der Waals surface area (Å²) >= 11 is 5.18. The zero-order valence-electron chi connectivity index (χ0n) is 12.3. The number of hydrogen-bond acceptors (Lipinski definition) is 2. The molecule has 0 saturated heterocycles. The zero-order chi connectivity index (χ0) is 16.9. The first-order valence-electron chi connectivity index (χ1n) is 6.88. The number of aryl methyl sites for hydroxylation is 1. The summed E-state index contributed by atoms with van der Waals surface area (Å²) in [6, 6.07) is 13.1. The van der Waals surface area contributed by atoms with E-state index >= 15 is 0 Å². The summed E-state index contributed by atoms with van der Waals surface area (Å²) in [5.41, 5.74) is 2.58. The normalized spacial score (nSPS) is 11.0. The second kappa shape index (κ2) is 7.32. The summed E-state index contributed by atoms with van der Waals surface area (Å²) in [5.74, 6) is -0.280. The molecule has 0 saturated carbocycles. The van der Waals surface area contributed by atoms with E-state index in [0.717, 1.165) is 12.1 Å². The van der Waals surface area contributed by atoms with E-state index in [2.05, 4.69) is 22.3 Å². The Morgan fingerprint density at radius 1 is 1.04 bits per heavy atom. The highest BCUT2D eigenvalue weighted by Crippen LogP contribution is 2.24. The molecule has 0 aliphatic rings. The largest absolute Gasteiger partial charge is 0.573 e. The molecule has 0 aliphatic heterocycles. The van der Waals surface area contributed by atoms with Crippen LogP contribution in [0, 0.1) is 0 Å². The average molecular weight is 340 g/mol. The fourth-order valence-electron chi connectivity index (χ4n) is 1.90. The van der Waals surface area contributed by atoms with Crippen LogP contribution < -0.4 is 15.4 Å². The topological polar surface area (TPSA) is 33.3 Å². The van der Waals surface area contributed by atoms with Crippen molar-refractivity contribution in [2.45, 2.75) is 19.7 Å². The van der Waals surface area contributed by atoms with Gasteiger partial charge < -0.3 is 15.4 Å². The average Bonchev–Trinajstić information content (AvgIpc) is 2.48. The summed E-state index contributed by atoms with van der Waals surface area (Å²) in [4.78, 5) is 0. The van der Waals surface area contributed by atoms with Crippen molar-refractivity contribution in [3.05, 3.63) is 54.1 Å². The first-order chi connectivity index (χ1) is 10.9. The maximum atomic E-state index is 12.1. The summed E-state index contributed by atoms with van der Waals surface area (Å²) < 4.78 is 40.1. The van der Waals surface area contributed by atoms with Gasteiger partial charge in [0.15, 0.2) is 5.11 Å². The SMILES string of the molecule is CCc1cccc(NC(=S)Nc2ccc(OC(F)(F)F)cc2)c1. The van der Waals surface area contributed by atoms with E-state index in [4.69, 9.17) is 12.2 Å². The predicted molar refractivity (Wildman–Crippen MR) is 88.8 cm³/mol. The molecule has 0 unspecified atom stereocenters. The number of benzene rings is 2. The first-order valence-corrected chi connectivity index (χ1v) is 7.29. The molecule has 2 N–H and O–H groups in total. The Kier molecular flexibility index (Phi) is 5.44. The van der Waals surface area contributed by atoms with E-state index in [-0.39, 0.29) is 5.75 Å². The molecule has 0 fully saturated rings. The molecule has 2 rings (SSSR count). The van der Waals surface area contributed by atoms with Crippen LogP contribution in [-0.2, 0) is 6.42 Å². The Morgan fingerprint density at radius 3 is 2.30 bits per heavy atom. The standard InChI is InChI=1S/C16H15F3N2OS/c1-2-11-4-3-5-13(10-11)21-15(23)20-12-6-8-14(9-7-12)22-16(17,18)19/h3-10H,2H2,1H3,(H2,20,21,23). The Labute approximate surface area is 137 Å². The smallest absolute Gasteiger partial charge is 0.406 e. The van der Waals surface area contributed by atoms with E-state index < -0.39 is 6.36 Å². The van der Waals surface area contributed by atoms with Crippen LogP contribution in [0.2, 0.25) is 0 Å². The number of thiocarbonyl (C=S) groups is 1. The van der Waals surface area contributed by atoms with Crippen molar-refractivity contribution in [2.24, 2.45) is 0 Å². The second-order valence-electron chi connectivity index (χ2n) is 4.71. The maximum Gasteiger partial charge on any atom is 0.573 e. The van der Waals surface area contributed by atoms with E-state index in [0.29, 0.717) is 10.8 Å². The zero-order valence-corrected chi connectivity index (χ0v) is 13.1. The third kappa shape index (κ3) is 5.78. The van der Waals surface area contributed by atoms with Crippen molar-refractivity contribution in [3.63, 3.8) is 0 Å². The monoisotopic (exact) mass is 340 g/mol. The maximum absolute atomic E-state index is 12.1. The number of rotatable bonds is 4. The van der Waals surface area contributed by atoms with E-state index in [1.54, 1.807) is 0 Å². The van der Waals surface area contributed by atoms with Crippen molar-refractivity contribution < 1.29 is 17.9 Å². The van der Waals surface area contributed by atoms with Gasteiger partial charge in [-0.3, -0.25) is 0 Å². The number of halogens is 3. The van der Waals surface area contributed by atoms with Crippen molar-refractivity contribution in [1.29, 1.82) is 0 Å². The third-order valence-electron chi connectivity index (χ3n) is 2.94. The molecule has 2 aromatic rings. The van der Waals surface area contributed by atoms with E-state index in [1.165, 1.54) is 29.8 Å². The molecule has 0 heterocycles. The van der Waals surface area contributed by atoms with Gasteiger partial charge in [0.05, 0.1) is 0 Å². The molecule has 23 heavy (non-hydrogen) atoms. The molecule has 7 heteroatoms. The molecular formula is C16H15F3N2OS. The fourth-order valence-corrected chi connectivity index (χ4v) is 2.14. The molecule has 122 valence electrons. The molecular weight excluding hydrogens is 325 g/mol. The van der Waals surface area contributed by atoms with Crippen LogP contribution in [0.5, 0.6) is 5.75 Å². The quantitative estimate of drug-likeness (QED) is 0.771. The molecule has 0 atom stereocenters. The van der Waals surface area contributed by atoms with Crippen LogP contribution in [-0.4, -0.2) is 11.5 Å².